The van der Waals surface area contributed by atoms with E-state index in [0.29, 0.717) is 12.2 Å². The number of hydrogen-bond donors (Lipinski definition) is 1. The van der Waals surface area contributed by atoms with Crippen molar-refractivity contribution in [3.63, 3.8) is 0 Å². The highest BCUT2D eigenvalue weighted by atomic mass is 32.1. The van der Waals surface area contributed by atoms with Gasteiger partial charge in [-0.25, -0.2) is 9.78 Å². The molecule has 0 aromatic carbocycles. The van der Waals surface area contributed by atoms with E-state index in [1.54, 1.807) is 22.9 Å². The predicted octanol–water partition coefficient (Wildman–Crippen LogP) is 1.70. The van der Waals surface area contributed by atoms with Crippen LogP contribution in [0, 0.1) is 13.8 Å². The maximum Gasteiger partial charge on any atom is 0.339 e. The molecule has 0 spiro atoms. The highest BCUT2D eigenvalue weighted by Crippen LogP contribution is 2.12. The van der Waals surface area contributed by atoms with Crippen molar-refractivity contribution in [3.05, 3.63) is 33.5 Å². The third-order valence-corrected chi connectivity index (χ3v) is 3.09. The monoisotopic (exact) mass is 237 g/mol. The van der Waals surface area contributed by atoms with E-state index in [4.69, 9.17) is 5.11 Å². The van der Waals surface area contributed by atoms with Crippen LogP contribution in [0.15, 0.2) is 11.6 Å². The van der Waals surface area contributed by atoms with E-state index in [-0.39, 0.29) is 5.56 Å². The van der Waals surface area contributed by atoms with Gasteiger partial charge < -0.3 is 5.11 Å². The summed E-state index contributed by atoms with van der Waals surface area (Å²) >= 11 is 1.55. The summed E-state index contributed by atoms with van der Waals surface area (Å²) in [5, 5.41) is 15.9. The Hall–Kier alpha value is -1.69. The first-order valence-corrected chi connectivity index (χ1v) is 5.62. The molecular formula is C10H11N3O2S. The van der Waals surface area contributed by atoms with E-state index >= 15 is 0 Å². The lowest BCUT2D eigenvalue weighted by Gasteiger charge is -1.95. The lowest BCUT2D eigenvalue weighted by atomic mass is 10.3. The number of aryl methyl sites for hydroxylation is 2. The molecule has 84 valence electrons. The van der Waals surface area contributed by atoms with Crippen molar-refractivity contribution in [1.82, 2.24) is 14.8 Å². The first kappa shape index (κ1) is 10.8. The lowest BCUT2D eigenvalue weighted by Crippen LogP contribution is -2.00. The molecule has 0 bridgehead atoms. The van der Waals surface area contributed by atoms with Crippen molar-refractivity contribution in [1.29, 1.82) is 0 Å². The molecule has 0 unspecified atom stereocenters. The van der Waals surface area contributed by atoms with Gasteiger partial charge in [0, 0.05) is 17.3 Å². The van der Waals surface area contributed by atoms with E-state index < -0.39 is 5.97 Å². The molecule has 5 nitrogen and oxygen atoms in total. The summed E-state index contributed by atoms with van der Waals surface area (Å²) in [7, 11) is 0. The minimum absolute atomic E-state index is 0.244. The van der Waals surface area contributed by atoms with Crippen molar-refractivity contribution >= 4 is 17.3 Å². The van der Waals surface area contributed by atoms with Crippen molar-refractivity contribution < 1.29 is 9.90 Å². The lowest BCUT2D eigenvalue weighted by molar-refractivity contribution is 0.0696. The summed E-state index contributed by atoms with van der Waals surface area (Å²) in [5.41, 5.74) is 1.75. The number of aromatic nitrogens is 3. The molecule has 0 fully saturated rings. The molecule has 16 heavy (non-hydrogen) atoms. The van der Waals surface area contributed by atoms with Crippen LogP contribution < -0.4 is 0 Å². The number of carbonyl (C=O) groups is 1. The molecule has 0 aliphatic carbocycles. The Kier molecular flexibility index (Phi) is 2.74. The number of carboxylic acids is 1. The van der Waals surface area contributed by atoms with Gasteiger partial charge in [0.2, 0.25) is 0 Å². The van der Waals surface area contributed by atoms with E-state index in [1.165, 1.54) is 6.20 Å². The molecule has 0 amide bonds. The summed E-state index contributed by atoms with van der Waals surface area (Å²) in [4.78, 5) is 15.1. The van der Waals surface area contributed by atoms with Crippen LogP contribution in [0.25, 0.3) is 0 Å². The second-order valence-electron chi connectivity index (χ2n) is 3.51. The second-order valence-corrected chi connectivity index (χ2v) is 4.46. The molecule has 6 heteroatoms. The predicted molar refractivity (Wildman–Crippen MR) is 59.9 cm³/mol. The molecule has 2 aromatic rings. The number of carboxylic acid groups (broad SMARTS) is 1. The highest BCUT2D eigenvalue weighted by molar-refractivity contribution is 7.09. The summed E-state index contributed by atoms with van der Waals surface area (Å²) in [5.74, 6) is -0.945. The number of aromatic carboxylic acids is 1. The number of rotatable bonds is 3. The fraction of sp³-hybridized carbons (Fsp3) is 0.300. The smallest absolute Gasteiger partial charge is 0.339 e. The zero-order chi connectivity index (χ0) is 11.7. The van der Waals surface area contributed by atoms with Crippen LogP contribution in [0.5, 0.6) is 0 Å². The van der Waals surface area contributed by atoms with Gasteiger partial charge in [0.1, 0.15) is 10.6 Å². The molecule has 0 saturated carbocycles. The standard InChI is InChI=1S/C10H11N3O2S/c1-6-5-16-9(11-6)4-13-3-8(10(14)15)7(2)12-13/h3,5H,4H2,1-2H3,(H,14,15). The molecule has 2 aromatic heterocycles. The van der Waals surface area contributed by atoms with Gasteiger partial charge in [-0.05, 0) is 13.8 Å². The third kappa shape index (κ3) is 2.11. The molecule has 2 rings (SSSR count). The topological polar surface area (TPSA) is 68.0 Å². The van der Waals surface area contributed by atoms with Gasteiger partial charge in [-0.15, -0.1) is 11.3 Å². The second kappa shape index (κ2) is 4.05. The highest BCUT2D eigenvalue weighted by Gasteiger charge is 2.12. The Bertz CT molecular complexity index is 530. The largest absolute Gasteiger partial charge is 0.478 e. The average Bonchev–Trinajstić information content (AvgIpc) is 2.73. The molecule has 1 N–H and O–H groups in total. The molecule has 0 radical (unpaired) electrons. The van der Waals surface area contributed by atoms with Crippen LogP contribution in [-0.2, 0) is 6.54 Å². The van der Waals surface area contributed by atoms with Crippen LogP contribution >= 0.6 is 11.3 Å². The zero-order valence-electron chi connectivity index (χ0n) is 8.97. The van der Waals surface area contributed by atoms with Crippen molar-refractivity contribution in [2.75, 3.05) is 0 Å². The van der Waals surface area contributed by atoms with Crippen molar-refractivity contribution in [2.45, 2.75) is 20.4 Å². The Balaban J connectivity index is 2.22. The third-order valence-electron chi connectivity index (χ3n) is 2.14. The molecular weight excluding hydrogens is 226 g/mol. The van der Waals surface area contributed by atoms with Crippen molar-refractivity contribution in [3.8, 4) is 0 Å². The maximum atomic E-state index is 10.8. The maximum absolute atomic E-state index is 10.8. The van der Waals surface area contributed by atoms with E-state index in [1.807, 2.05) is 12.3 Å². The Morgan fingerprint density at radius 1 is 1.56 bits per heavy atom. The minimum atomic E-state index is -0.945. The van der Waals surface area contributed by atoms with E-state index in [2.05, 4.69) is 10.1 Å². The first-order valence-electron chi connectivity index (χ1n) is 4.74. The number of thiazole rings is 1. The van der Waals surface area contributed by atoms with Gasteiger partial charge in [-0.1, -0.05) is 0 Å². The fourth-order valence-corrected chi connectivity index (χ4v) is 2.19. The molecule has 0 aliphatic rings. The van der Waals surface area contributed by atoms with Crippen LogP contribution in [0.3, 0.4) is 0 Å². The molecule has 0 aliphatic heterocycles. The van der Waals surface area contributed by atoms with Crippen LogP contribution in [0.4, 0.5) is 0 Å². The van der Waals surface area contributed by atoms with Crippen molar-refractivity contribution in [2.24, 2.45) is 0 Å². The molecule has 2 heterocycles. The normalized spacial score (nSPS) is 10.6. The first-order chi connectivity index (χ1) is 7.56. The number of nitrogens with zero attached hydrogens (tertiary/aromatic N) is 3. The quantitative estimate of drug-likeness (QED) is 0.882. The van der Waals surface area contributed by atoms with Gasteiger partial charge in [-0.2, -0.15) is 5.10 Å². The van der Waals surface area contributed by atoms with Gasteiger partial charge >= 0.3 is 5.97 Å². The average molecular weight is 237 g/mol. The Morgan fingerprint density at radius 3 is 2.81 bits per heavy atom. The zero-order valence-corrected chi connectivity index (χ0v) is 9.78. The molecule has 0 atom stereocenters. The summed E-state index contributed by atoms with van der Waals surface area (Å²) in [6.07, 6.45) is 1.54. The summed E-state index contributed by atoms with van der Waals surface area (Å²) in [6.45, 7) is 4.14. The van der Waals surface area contributed by atoms with E-state index in [0.717, 1.165) is 10.7 Å². The van der Waals surface area contributed by atoms with Gasteiger partial charge in [-0.3, -0.25) is 4.68 Å². The van der Waals surface area contributed by atoms with E-state index in [9.17, 15) is 4.79 Å². The molecule has 0 saturated heterocycles. The van der Waals surface area contributed by atoms with Crippen LogP contribution in [-0.4, -0.2) is 25.8 Å². The summed E-state index contributed by atoms with van der Waals surface area (Å²) in [6, 6.07) is 0. The van der Waals surface area contributed by atoms with Gasteiger partial charge in [0.05, 0.1) is 12.2 Å². The number of hydrogen-bond acceptors (Lipinski definition) is 4. The Labute approximate surface area is 96.4 Å². The van der Waals surface area contributed by atoms with Gasteiger partial charge in [0.15, 0.2) is 0 Å². The SMILES string of the molecule is Cc1csc(Cn2cc(C(=O)O)c(C)n2)n1. The minimum Gasteiger partial charge on any atom is -0.478 e. The Morgan fingerprint density at radius 2 is 2.31 bits per heavy atom. The fourth-order valence-electron chi connectivity index (χ4n) is 1.42. The summed E-state index contributed by atoms with van der Waals surface area (Å²) < 4.78 is 1.61. The van der Waals surface area contributed by atoms with Crippen LogP contribution in [0.1, 0.15) is 26.8 Å². The van der Waals surface area contributed by atoms with Crippen LogP contribution in [0.2, 0.25) is 0 Å². The van der Waals surface area contributed by atoms with Gasteiger partial charge in [0.25, 0.3) is 0 Å².